The molecule has 9 nitrogen and oxygen atoms in total. The van der Waals surface area contributed by atoms with Gasteiger partial charge in [-0.2, -0.15) is 0 Å². The maximum atomic E-state index is 12.0. The molecule has 3 rings (SSSR count). The molecule has 2 amide bonds. The summed E-state index contributed by atoms with van der Waals surface area (Å²) in [5.74, 6) is -1.46. The molecular formula is C17H14N2O7. The largest absolute Gasteiger partial charge is 0.450 e. The first kappa shape index (κ1) is 17.3. The zero-order valence-electron chi connectivity index (χ0n) is 13.5. The van der Waals surface area contributed by atoms with Crippen molar-refractivity contribution in [2.24, 2.45) is 0 Å². The standard InChI is InChI=1S/C17H14N2O7/c20-15-2-1-9-18(15)16(21)10-25-17(22)14-8-7-13(26-14)11-3-5-12(6-4-11)19(23)24/h3-8H,1-2,9-10H2. The molecule has 0 atom stereocenters. The second kappa shape index (κ2) is 7.18. The molecule has 1 aliphatic rings. The molecule has 1 aromatic carbocycles. The average Bonchev–Trinajstić information content (AvgIpc) is 3.28. The molecule has 0 aliphatic carbocycles. The van der Waals surface area contributed by atoms with Crippen LogP contribution in [0.25, 0.3) is 11.3 Å². The number of carbonyl (C=O) groups excluding carboxylic acids is 3. The van der Waals surface area contributed by atoms with Crippen LogP contribution in [0.15, 0.2) is 40.8 Å². The van der Waals surface area contributed by atoms with Crippen molar-refractivity contribution in [2.45, 2.75) is 12.8 Å². The van der Waals surface area contributed by atoms with Gasteiger partial charge in [0.05, 0.1) is 4.92 Å². The number of non-ortho nitro benzene ring substituents is 1. The highest BCUT2D eigenvalue weighted by Gasteiger charge is 2.27. The summed E-state index contributed by atoms with van der Waals surface area (Å²) in [6.07, 6.45) is 0.922. The van der Waals surface area contributed by atoms with Gasteiger partial charge in [0.15, 0.2) is 6.61 Å². The minimum absolute atomic E-state index is 0.0603. The summed E-state index contributed by atoms with van der Waals surface area (Å²) in [4.78, 5) is 46.5. The highest BCUT2D eigenvalue weighted by molar-refractivity contribution is 5.98. The van der Waals surface area contributed by atoms with E-state index in [1.54, 1.807) is 0 Å². The maximum Gasteiger partial charge on any atom is 0.374 e. The molecular weight excluding hydrogens is 344 g/mol. The normalized spacial score (nSPS) is 13.7. The van der Waals surface area contributed by atoms with Crippen LogP contribution in [0, 0.1) is 10.1 Å². The Hall–Kier alpha value is -3.49. The average molecular weight is 358 g/mol. The molecule has 0 bridgehead atoms. The van der Waals surface area contributed by atoms with Crippen LogP contribution in [-0.4, -0.2) is 40.8 Å². The fourth-order valence-corrected chi connectivity index (χ4v) is 2.54. The summed E-state index contributed by atoms with van der Waals surface area (Å²) in [7, 11) is 0. The summed E-state index contributed by atoms with van der Waals surface area (Å²) in [6.45, 7) is -0.210. The summed E-state index contributed by atoms with van der Waals surface area (Å²) in [5, 5.41) is 10.7. The van der Waals surface area contributed by atoms with E-state index >= 15 is 0 Å². The summed E-state index contributed by atoms with van der Waals surface area (Å²) in [5.41, 5.74) is 0.489. The first-order valence-electron chi connectivity index (χ1n) is 7.80. The minimum atomic E-state index is -0.835. The molecule has 1 aliphatic heterocycles. The van der Waals surface area contributed by atoms with E-state index in [0.717, 1.165) is 4.90 Å². The molecule has 0 saturated carbocycles. The number of nitro groups is 1. The van der Waals surface area contributed by atoms with Crippen molar-refractivity contribution in [3.63, 3.8) is 0 Å². The zero-order chi connectivity index (χ0) is 18.7. The van der Waals surface area contributed by atoms with E-state index in [2.05, 4.69) is 0 Å². The molecule has 0 unspecified atom stereocenters. The molecule has 2 heterocycles. The number of amides is 2. The van der Waals surface area contributed by atoms with E-state index in [1.165, 1.54) is 36.4 Å². The van der Waals surface area contributed by atoms with Crippen LogP contribution in [-0.2, 0) is 14.3 Å². The number of imide groups is 1. The Labute approximate surface area is 147 Å². The van der Waals surface area contributed by atoms with Gasteiger partial charge in [-0.15, -0.1) is 0 Å². The Morgan fingerprint density at radius 1 is 1.19 bits per heavy atom. The lowest BCUT2D eigenvalue weighted by atomic mass is 10.1. The van der Waals surface area contributed by atoms with Gasteiger partial charge in [0.2, 0.25) is 11.7 Å². The summed E-state index contributed by atoms with van der Waals surface area (Å²) in [6, 6.07) is 8.53. The van der Waals surface area contributed by atoms with Gasteiger partial charge in [-0.3, -0.25) is 24.6 Å². The van der Waals surface area contributed by atoms with Gasteiger partial charge in [-0.25, -0.2) is 4.79 Å². The van der Waals surface area contributed by atoms with Gasteiger partial charge in [0, 0.05) is 30.7 Å². The summed E-state index contributed by atoms with van der Waals surface area (Å²) >= 11 is 0. The summed E-state index contributed by atoms with van der Waals surface area (Å²) < 4.78 is 10.3. The van der Waals surface area contributed by atoms with Crippen LogP contribution < -0.4 is 0 Å². The van der Waals surface area contributed by atoms with Crippen LogP contribution in [0.2, 0.25) is 0 Å². The smallest absolute Gasteiger partial charge is 0.374 e. The van der Waals surface area contributed by atoms with E-state index in [9.17, 15) is 24.5 Å². The van der Waals surface area contributed by atoms with E-state index in [0.29, 0.717) is 30.7 Å². The molecule has 26 heavy (non-hydrogen) atoms. The predicted octanol–water partition coefficient (Wildman–Crippen LogP) is 2.16. The monoisotopic (exact) mass is 358 g/mol. The Balaban J connectivity index is 1.61. The molecule has 1 aromatic heterocycles. The van der Waals surface area contributed by atoms with E-state index in [-0.39, 0.29) is 17.4 Å². The molecule has 1 saturated heterocycles. The third kappa shape index (κ3) is 3.61. The molecule has 2 aromatic rings. The maximum absolute atomic E-state index is 12.0. The lowest BCUT2D eigenvalue weighted by Crippen LogP contribution is -2.35. The second-order valence-corrected chi connectivity index (χ2v) is 5.59. The van der Waals surface area contributed by atoms with Crippen molar-refractivity contribution >= 4 is 23.5 Å². The van der Waals surface area contributed by atoms with Crippen molar-refractivity contribution in [3.05, 3.63) is 52.3 Å². The number of carbonyl (C=O) groups is 3. The fraction of sp³-hybridized carbons (Fsp3) is 0.235. The zero-order valence-corrected chi connectivity index (χ0v) is 13.5. The number of esters is 1. The van der Waals surface area contributed by atoms with E-state index < -0.39 is 23.4 Å². The third-order valence-corrected chi connectivity index (χ3v) is 3.87. The lowest BCUT2D eigenvalue weighted by molar-refractivity contribution is -0.384. The Kier molecular flexibility index (Phi) is 4.78. The van der Waals surface area contributed by atoms with Gasteiger partial charge in [-0.1, -0.05) is 0 Å². The highest BCUT2D eigenvalue weighted by atomic mass is 16.6. The number of rotatable bonds is 5. The van der Waals surface area contributed by atoms with Crippen LogP contribution in [0.5, 0.6) is 0 Å². The van der Waals surface area contributed by atoms with E-state index in [1.807, 2.05) is 0 Å². The van der Waals surface area contributed by atoms with Crippen molar-refractivity contribution in [2.75, 3.05) is 13.2 Å². The van der Waals surface area contributed by atoms with Crippen molar-refractivity contribution in [3.8, 4) is 11.3 Å². The highest BCUT2D eigenvalue weighted by Crippen LogP contribution is 2.24. The molecule has 1 fully saturated rings. The molecule has 0 N–H and O–H groups in total. The molecule has 0 radical (unpaired) electrons. The fourth-order valence-electron chi connectivity index (χ4n) is 2.54. The number of benzene rings is 1. The molecule has 0 spiro atoms. The van der Waals surface area contributed by atoms with Gasteiger partial charge in [0.25, 0.3) is 11.6 Å². The van der Waals surface area contributed by atoms with Crippen LogP contribution >= 0.6 is 0 Å². The van der Waals surface area contributed by atoms with Crippen molar-refractivity contribution < 1.29 is 28.5 Å². The number of nitro benzene ring substituents is 1. The SMILES string of the molecule is O=C(OCC(=O)N1CCCC1=O)c1ccc(-c2ccc([N+](=O)[O-])cc2)o1. The Bertz CT molecular complexity index is 869. The molecule has 9 heteroatoms. The Morgan fingerprint density at radius 2 is 1.92 bits per heavy atom. The number of hydrogen-bond acceptors (Lipinski definition) is 7. The van der Waals surface area contributed by atoms with Crippen molar-refractivity contribution in [1.29, 1.82) is 0 Å². The second-order valence-electron chi connectivity index (χ2n) is 5.59. The topological polar surface area (TPSA) is 120 Å². The van der Waals surface area contributed by atoms with E-state index in [4.69, 9.17) is 9.15 Å². The first-order chi connectivity index (χ1) is 12.5. The molecule has 134 valence electrons. The quantitative estimate of drug-likeness (QED) is 0.456. The van der Waals surface area contributed by atoms with Gasteiger partial charge >= 0.3 is 5.97 Å². The van der Waals surface area contributed by atoms with Crippen molar-refractivity contribution in [1.82, 2.24) is 4.90 Å². The predicted molar refractivity (Wildman–Crippen MR) is 87.0 cm³/mol. The number of likely N-dealkylation sites (tertiary alicyclic amines) is 1. The van der Waals surface area contributed by atoms with Gasteiger partial charge in [0.1, 0.15) is 5.76 Å². The van der Waals surface area contributed by atoms with Crippen LogP contribution in [0.4, 0.5) is 5.69 Å². The number of nitrogens with zero attached hydrogens (tertiary/aromatic N) is 2. The first-order valence-corrected chi connectivity index (χ1v) is 7.80. The lowest BCUT2D eigenvalue weighted by Gasteiger charge is -2.12. The number of hydrogen-bond donors (Lipinski definition) is 0. The number of ether oxygens (including phenoxy) is 1. The number of furan rings is 1. The third-order valence-electron chi connectivity index (χ3n) is 3.87. The van der Waals surface area contributed by atoms with Gasteiger partial charge in [-0.05, 0) is 30.7 Å². The minimum Gasteiger partial charge on any atom is -0.450 e. The van der Waals surface area contributed by atoms with Gasteiger partial charge < -0.3 is 9.15 Å². The van der Waals surface area contributed by atoms with Crippen LogP contribution in [0.3, 0.4) is 0 Å². The Morgan fingerprint density at radius 3 is 2.54 bits per heavy atom. The van der Waals surface area contributed by atoms with Crippen LogP contribution in [0.1, 0.15) is 23.4 Å².